The van der Waals surface area contributed by atoms with Crippen molar-refractivity contribution in [2.75, 3.05) is 16.5 Å². The van der Waals surface area contributed by atoms with Crippen LogP contribution in [0.15, 0.2) is 79.1 Å². The van der Waals surface area contributed by atoms with Crippen LogP contribution in [0.1, 0.15) is 25.3 Å². The van der Waals surface area contributed by atoms with Crippen LogP contribution in [-0.2, 0) is 0 Å². The third-order valence-electron chi connectivity index (χ3n) is 5.28. The van der Waals surface area contributed by atoms with Crippen LogP contribution in [-0.4, -0.2) is 6.67 Å². The first-order valence-corrected chi connectivity index (χ1v) is 10.2. The van der Waals surface area contributed by atoms with E-state index in [1.807, 2.05) is 11.3 Å². The summed E-state index contributed by atoms with van der Waals surface area (Å²) in [6.45, 7) is 5.41. The third-order valence-corrected chi connectivity index (χ3v) is 6.47. The van der Waals surface area contributed by atoms with Gasteiger partial charge in [-0.05, 0) is 29.7 Å². The number of hydrogen-bond acceptors (Lipinski definition) is 3. The summed E-state index contributed by atoms with van der Waals surface area (Å²) in [4.78, 5) is 4.70. The number of thiophene rings is 1. The molecule has 0 aliphatic carbocycles. The fourth-order valence-electron chi connectivity index (χ4n) is 3.90. The molecule has 3 heteroatoms. The largest absolute Gasteiger partial charge is 0.328 e. The van der Waals surface area contributed by atoms with Gasteiger partial charge in [0.2, 0.25) is 0 Å². The van der Waals surface area contributed by atoms with E-state index in [0.29, 0.717) is 5.92 Å². The minimum absolute atomic E-state index is 0.480. The van der Waals surface area contributed by atoms with E-state index in [2.05, 4.69) is 103 Å². The maximum absolute atomic E-state index is 2.40. The minimum atomic E-state index is 0.480. The Balaban J connectivity index is 1.65. The lowest BCUT2D eigenvalue weighted by Crippen LogP contribution is -2.25. The number of anilines is 2. The molecule has 1 aliphatic heterocycles. The summed E-state index contributed by atoms with van der Waals surface area (Å²) >= 11 is 1.91. The number of nitrogens with zero attached hydrogens (tertiary/aromatic N) is 2. The van der Waals surface area contributed by atoms with Crippen LogP contribution in [0.25, 0.3) is 20.2 Å². The highest BCUT2D eigenvalue weighted by Gasteiger charge is 2.23. The first-order valence-electron chi connectivity index (χ1n) is 9.43. The van der Waals surface area contributed by atoms with E-state index < -0.39 is 0 Å². The normalized spacial score (nSPS) is 14.2. The van der Waals surface area contributed by atoms with Crippen LogP contribution in [0.4, 0.5) is 11.4 Å². The van der Waals surface area contributed by atoms with Gasteiger partial charge in [0.1, 0.15) is 0 Å². The van der Waals surface area contributed by atoms with Crippen molar-refractivity contribution in [3.63, 3.8) is 0 Å². The average Bonchev–Trinajstić information content (AvgIpc) is 3.32. The monoisotopic (exact) mass is 370 g/mol. The Bertz CT molecular complexity index is 1140. The molecule has 0 unspecified atom stereocenters. The molecule has 0 N–H and O–H groups in total. The van der Waals surface area contributed by atoms with Crippen molar-refractivity contribution in [2.45, 2.75) is 19.8 Å². The van der Waals surface area contributed by atoms with Gasteiger partial charge >= 0.3 is 0 Å². The second-order valence-electron chi connectivity index (χ2n) is 7.35. The topological polar surface area (TPSA) is 6.48 Å². The summed E-state index contributed by atoms with van der Waals surface area (Å²) < 4.78 is 2.75. The van der Waals surface area contributed by atoms with Gasteiger partial charge in [-0.2, -0.15) is 0 Å². The molecule has 2 heterocycles. The summed E-state index contributed by atoms with van der Waals surface area (Å²) in [7, 11) is 0. The SMILES string of the molecule is CC(C)c1ccc2c(sc3ccccc32)c1N1C=CN(c2ccccc2)C1. The molecule has 0 radical (unpaired) electrons. The van der Waals surface area contributed by atoms with Gasteiger partial charge in [-0.1, -0.05) is 62.4 Å². The molecule has 1 aromatic heterocycles. The fraction of sp³-hybridized carbons (Fsp3) is 0.167. The van der Waals surface area contributed by atoms with Crippen molar-refractivity contribution >= 4 is 42.9 Å². The molecule has 3 aromatic carbocycles. The molecule has 0 bridgehead atoms. The van der Waals surface area contributed by atoms with Gasteiger partial charge in [0, 0.05) is 33.6 Å². The minimum Gasteiger partial charge on any atom is -0.328 e. The summed E-state index contributed by atoms with van der Waals surface area (Å²) in [5, 5.41) is 2.72. The molecule has 0 spiro atoms. The Hall–Kier alpha value is -2.78. The average molecular weight is 371 g/mol. The second-order valence-corrected chi connectivity index (χ2v) is 8.40. The fourth-order valence-corrected chi connectivity index (χ4v) is 5.18. The van der Waals surface area contributed by atoms with Crippen LogP contribution < -0.4 is 9.80 Å². The van der Waals surface area contributed by atoms with Gasteiger partial charge in [0.25, 0.3) is 0 Å². The van der Waals surface area contributed by atoms with E-state index in [1.165, 1.54) is 37.1 Å². The molecule has 0 atom stereocenters. The quantitative estimate of drug-likeness (QED) is 0.386. The molecular weight excluding hydrogens is 348 g/mol. The molecule has 0 fully saturated rings. The van der Waals surface area contributed by atoms with E-state index in [4.69, 9.17) is 0 Å². The third kappa shape index (κ3) is 2.70. The Morgan fingerprint density at radius 1 is 0.778 bits per heavy atom. The maximum Gasteiger partial charge on any atom is 0.0990 e. The lowest BCUT2D eigenvalue weighted by molar-refractivity contribution is 0.856. The van der Waals surface area contributed by atoms with Gasteiger partial charge in [0.15, 0.2) is 0 Å². The summed E-state index contributed by atoms with van der Waals surface area (Å²) in [5.41, 5.74) is 4.00. The maximum atomic E-state index is 2.40. The van der Waals surface area contributed by atoms with E-state index in [1.54, 1.807) is 0 Å². The zero-order valence-corrected chi connectivity index (χ0v) is 16.4. The number of para-hydroxylation sites is 1. The van der Waals surface area contributed by atoms with E-state index >= 15 is 0 Å². The number of hydrogen-bond donors (Lipinski definition) is 0. The first kappa shape index (κ1) is 16.4. The molecule has 0 saturated carbocycles. The predicted molar refractivity (Wildman–Crippen MR) is 119 cm³/mol. The molecular formula is C24H22N2S. The zero-order valence-electron chi connectivity index (χ0n) is 15.6. The Morgan fingerprint density at radius 3 is 2.33 bits per heavy atom. The predicted octanol–water partition coefficient (Wildman–Crippen LogP) is 6.93. The van der Waals surface area contributed by atoms with Crippen molar-refractivity contribution in [1.29, 1.82) is 0 Å². The highest BCUT2D eigenvalue weighted by atomic mass is 32.1. The summed E-state index contributed by atoms with van der Waals surface area (Å²) in [6.07, 6.45) is 4.41. The van der Waals surface area contributed by atoms with Crippen molar-refractivity contribution in [1.82, 2.24) is 0 Å². The molecule has 0 amide bonds. The zero-order chi connectivity index (χ0) is 18.4. The van der Waals surface area contributed by atoms with Crippen molar-refractivity contribution in [3.8, 4) is 0 Å². The lowest BCUT2D eigenvalue weighted by atomic mass is 9.98. The molecule has 4 aromatic rings. The summed E-state index contributed by atoms with van der Waals surface area (Å²) in [6, 6.07) is 24.0. The molecule has 5 rings (SSSR count). The van der Waals surface area contributed by atoms with Crippen LogP contribution in [0, 0.1) is 0 Å². The van der Waals surface area contributed by atoms with E-state index in [0.717, 1.165) is 6.67 Å². The first-order chi connectivity index (χ1) is 13.2. The molecule has 27 heavy (non-hydrogen) atoms. The standard InChI is InChI=1S/C24H22N2S/c1-17(2)19-12-13-21-20-10-6-7-11-22(20)27-24(21)23(19)26-15-14-25(16-26)18-8-4-3-5-9-18/h3-15,17H,16H2,1-2H3. The van der Waals surface area contributed by atoms with Crippen LogP contribution in [0.5, 0.6) is 0 Å². The van der Waals surface area contributed by atoms with Crippen LogP contribution in [0.3, 0.4) is 0 Å². The van der Waals surface area contributed by atoms with Gasteiger partial charge in [-0.3, -0.25) is 0 Å². The number of benzene rings is 3. The highest BCUT2D eigenvalue weighted by molar-refractivity contribution is 7.26. The molecule has 134 valence electrons. The van der Waals surface area contributed by atoms with Crippen molar-refractivity contribution < 1.29 is 0 Å². The van der Waals surface area contributed by atoms with E-state index in [-0.39, 0.29) is 0 Å². The Morgan fingerprint density at radius 2 is 1.52 bits per heavy atom. The smallest absolute Gasteiger partial charge is 0.0990 e. The number of fused-ring (bicyclic) bond motifs is 3. The van der Waals surface area contributed by atoms with Gasteiger partial charge in [-0.15, -0.1) is 11.3 Å². The highest BCUT2D eigenvalue weighted by Crippen LogP contribution is 2.44. The van der Waals surface area contributed by atoms with E-state index in [9.17, 15) is 0 Å². The second kappa shape index (κ2) is 6.43. The Labute approximate surface area is 164 Å². The molecule has 0 saturated heterocycles. The Kier molecular flexibility index (Phi) is 3.91. The number of rotatable bonds is 3. The van der Waals surface area contributed by atoms with Gasteiger partial charge < -0.3 is 9.80 Å². The molecule has 2 nitrogen and oxygen atoms in total. The van der Waals surface area contributed by atoms with Crippen LogP contribution >= 0.6 is 11.3 Å². The van der Waals surface area contributed by atoms with Crippen LogP contribution in [0.2, 0.25) is 0 Å². The van der Waals surface area contributed by atoms with Crippen molar-refractivity contribution in [3.05, 3.63) is 84.7 Å². The van der Waals surface area contributed by atoms with Crippen molar-refractivity contribution in [2.24, 2.45) is 0 Å². The summed E-state index contributed by atoms with van der Waals surface area (Å²) in [5.74, 6) is 0.480. The van der Waals surface area contributed by atoms with Gasteiger partial charge in [-0.25, -0.2) is 0 Å². The molecule has 1 aliphatic rings. The van der Waals surface area contributed by atoms with Gasteiger partial charge in [0.05, 0.1) is 17.1 Å². The lowest BCUT2D eigenvalue weighted by Gasteiger charge is -2.25.